The molecule has 3 heterocycles. The van der Waals surface area contributed by atoms with E-state index < -0.39 is 44.9 Å². The lowest BCUT2D eigenvalue weighted by Crippen LogP contribution is -2.33. The van der Waals surface area contributed by atoms with Crippen LogP contribution in [0.15, 0.2) is 24.8 Å². The van der Waals surface area contributed by atoms with Crippen molar-refractivity contribution in [2.45, 2.75) is 31.5 Å². The molecule has 28 heavy (non-hydrogen) atoms. The molecule has 1 saturated heterocycles. The first-order valence-corrected chi connectivity index (χ1v) is 9.51. The molecular formula is C14H18N5O8P. The van der Waals surface area contributed by atoms with Crippen molar-refractivity contribution in [3.05, 3.63) is 24.8 Å². The van der Waals surface area contributed by atoms with Crippen LogP contribution in [0.2, 0.25) is 0 Å². The standard InChI is InChI=1S/C14H18N5O8P/c1-2-3-8(20)27-28(23,24)25-4-7-10(21)11(22)14(26-7)19-6-18-9-12(15)16-5-17-13(9)19/h2-3,5-7,10-11,14,21-22H,4H2,1H3,(H,23,24)(H2,15,16,17)/b3-2+/t7-,10-,11-,14-/m1/s1. The molecule has 0 aromatic carbocycles. The van der Waals surface area contributed by atoms with Crippen molar-refractivity contribution in [1.29, 1.82) is 0 Å². The lowest BCUT2D eigenvalue weighted by atomic mass is 10.1. The third kappa shape index (κ3) is 4.04. The quantitative estimate of drug-likeness (QED) is 0.342. The number of carbonyl (C=O) groups is 1. The van der Waals surface area contributed by atoms with Gasteiger partial charge in [0, 0.05) is 6.08 Å². The Bertz CT molecular complexity index is 949. The van der Waals surface area contributed by atoms with Crippen LogP contribution in [0.25, 0.3) is 11.2 Å². The summed E-state index contributed by atoms with van der Waals surface area (Å²) in [5, 5.41) is 20.5. The lowest BCUT2D eigenvalue weighted by Gasteiger charge is -2.17. The van der Waals surface area contributed by atoms with Crippen molar-refractivity contribution in [3.8, 4) is 0 Å². The van der Waals surface area contributed by atoms with Gasteiger partial charge in [-0.2, -0.15) is 0 Å². The third-order valence-corrected chi connectivity index (χ3v) is 4.79. The number of ether oxygens (including phenoxy) is 1. The van der Waals surface area contributed by atoms with Gasteiger partial charge in [0.25, 0.3) is 0 Å². The molecule has 3 rings (SSSR count). The summed E-state index contributed by atoms with van der Waals surface area (Å²) in [6.45, 7) is 0.891. The zero-order chi connectivity index (χ0) is 20.5. The van der Waals surface area contributed by atoms with Gasteiger partial charge in [0.1, 0.15) is 30.2 Å². The molecule has 0 bridgehead atoms. The van der Waals surface area contributed by atoms with E-state index >= 15 is 0 Å². The Labute approximate surface area is 158 Å². The second-order valence-corrected chi connectivity index (χ2v) is 7.18. The second kappa shape index (κ2) is 7.91. The summed E-state index contributed by atoms with van der Waals surface area (Å²) < 4.78 is 27.6. The molecule has 5 N–H and O–H groups in total. The zero-order valence-corrected chi connectivity index (χ0v) is 15.4. The number of aromatic nitrogens is 4. The Hall–Kier alpha value is -2.41. The van der Waals surface area contributed by atoms with Gasteiger partial charge in [-0.05, 0) is 6.92 Å². The van der Waals surface area contributed by atoms with Gasteiger partial charge >= 0.3 is 13.8 Å². The number of nitrogens with two attached hydrogens (primary N) is 1. The summed E-state index contributed by atoms with van der Waals surface area (Å²) in [5.41, 5.74) is 6.25. The van der Waals surface area contributed by atoms with Gasteiger partial charge in [-0.1, -0.05) is 6.08 Å². The number of nitrogens with zero attached hydrogens (tertiary/aromatic N) is 4. The molecule has 0 radical (unpaired) electrons. The van der Waals surface area contributed by atoms with Crippen molar-refractivity contribution in [3.63, 3.8) is 0 Å². The number of phosphoric ester groups is 1. The average molecular weight is 415 g/mol. The minimum absolute atomic E-state index is 0.126. The van der Waals surface area contributed by atoms with Crippen LogP contribution in [0.4, 0.5) is 5.82 Å². The van der Waals surface area contributed by atoms with E-state index in [1.165, 1.54) is 30.2 Å². The second-order valence-electron chi connectivity index (χ2n) is 5.80. The number of allylic oxidation sites excluding steroid dienone is 1. The third-order valence-electron chi connectivity index (χ3n) is 3.91. The molecule has 0 spiro atoms. The molecule has 13 nitrogen and oxygen atoms in total. The van der Waals surface area contributed by atoms with Crippen LogP contribution in [0.1, 0.15) is 13.2 Å². The molecular weight excluding hydrogens is 397 g/mol. The van der Waals surface area contributed by atoms with Gasteiger partial charge in [-0.3, -0.25) is 14.0 Å². The first-order chi connectivity index (χ1) is 13.2. The van der Waals surface area contributed by atoms with Crippen molar-refractivity contribution in [2.75, 3.05) is 12.3 Å². The normalized spacial score (nSPS) is 27.3. The smallest absolute Gasteiger partial charge is 0.387 e. The van der Waals surface area contributed by atoms with E-state index in [9.17, 15) is 24.5 Å². The maximum Gasteiger partial charge on any atom is 0.529 e. The van der Waals surface area contributed by atoms with E-state index in [-0.39, 0.29) is 17.0 Å². The van der Waals surface area contributed by atoms with Gasteiger partial charge in [0.2, 0.25) is 0 Å². The first kappa shape index (κ1) is 20.3. The Kier molecular flexibility index (Phi) is 5.74. The van der Waals surface area contributed by atoms with E-state index in [1.54, 1.807) is 0 Å². The molecule has 0 aliphatic carbocycles. The van der Waals surface area contributed by atoms with Crippen LogP contribution >= 0.6 is 7.82 Å². The molecule has 152 valence electrons. The van der Waals surface area contributed by atoms with Crippen LogP contribution in [-0.4, -0.2) is 65.5 Å². The predicted octanol–water partition coefficient (Wildman–Crippen LogP) is -0.736. The number of aliphatic hydroxyl groups is 2. The van der Waals surface area contributed by atoms with Crippen LogP contribution < -0.4 is 5.73 Å². The molecule has 14 heteroatoms. The van der Waals surface area contributed by atoms with Crippen LogP contribution in [0, 0.1) is 0 Å². The van der Waals surface area contributed by atoms with Gasteiger partial charge < -0.3 is 25.2 Å². The van der Waals surface area contributed by atoms with Crippen LogP contribution in [0.5, 0.6) is 0 Å². The van der Waals surface area contributed by atoms with Gasteiger partial charge in [0.15, 0.2) is 17.7 Å². The highest BCUT2D eigenvalue weighted by atomic mass is 31.2. The number of hydrogen-bond donors (Lipinski definition) is 4. The maximum atomic E-state index is 11.8. The Morgan fingerprint density at radius 2 is 2.14 bits per heavy atom. The van der Waals surface area contributed by atoms with Crippen molar-refractivity contribution in [2.24, 2.45) is 0 Å². The Morgan fingerprint density at radius 3 is 2.86 bits per heavy atom. The molecule has 2 aromatic heterocycles. The van der Waals surface area contributed by atoms with Gasteiger partial charge in [-0.15, -0.1) is 0 Å². The number of fused-ring (bicyclic) bond motifs is 1. The van der Waals surface area contributed by atoms with E-state index in [0.717, 1.165) is 6.08 Å². The van der Waals surface area contributed by atoms with Crippen LogP contribution in [0.3, 0.4) is 0 Å². The van der Waals surface area contributed by atoms with Crippen molar-refractivity contribution >= 4 is 30.8 Å². The number of carbonyl (C=O) groups excluding carboxylic acids is 1. The van der Waals surface area contributed by atoms with Gasteiger partial charge in [-0.25, -0.2) is 24.3 Å². The van der Waals surface area contributed by atoms with Crippen molar-refractivity contribution in [1.82, 2.24) is 19.5 Å². The zero-order valence-electron chi connectivity index (χ0n) is 14.5. The molecule has 0 amide bonds. The number of rotatable bonds is 6. The minimum atomic E-state index is -4.73. The highest BCUT2D eigenvalue weighted by molar-refractivity contribution is 7.48. The molecule has 5 atom stereocenters. The fourth-order valence-electron chi connectivity index (χ4n) is 2.63. The fraction of sp³-hybridized carbons (Fsp3) is 0.429. The molecule has 0 saturated carbocycles. The molecule has 2 aromatic rings. The SMILES string of the molecule is C/C=C/C(=O)OP(=O)(O)OC[C@H]1O[C@@H](n2cnc3c(N)ncnc32)[C@H](O)[C@@H]1O. The molecule has 1 fully saturated rings. The lowest BCUT2D eigenvalue weighted by molar-refractivity contribution is -0.131. The summed E-state index contributed by atoms with van der Waals surface area (Å²) in [6.07, 6.45) is -0.448. The van der Waals surface area contributed by atoms with Crippen molar-refractivity contribution < 1.29 is 38.3 Å². The van der Waals surface area contributed by atoms with E-state index in [4.69, 9.17) is 10.5 Å². The minimum Gasteiger partial charge on any atom is -0.387 e. The average Bonchev–Trinajstić information content (AvgIpc) is 3.16. The summed E-state index contributed by atoms with van der Waals surface area (Å²) in [7, 11) is -4.73. The fourth-order valence-corrected chi connectivity index (χ4v) is 3.30. The topological polar surface area (TPSA) is 192 Å². The summed E-state index contributed by atoms with van der Waals surface area (Å²) in [4.78, 5) is 32.7. The summed E-state index contributed by atoms with van der Waals surface area (Å²) in [6, 6.07) is 0. The number of phosphoric acid groups is 1. The predicted molar refractivity (Wildman–Crippen MR) is 92.3 cm³/mol. The van der Waals surface area contributed by atoms with E-state index in [2.05, 4.69) is 24.0 Å². The molecule has 1 aliphatic rings. The molecule has 1 unspecified atom stereocenters. The van der Waals surface area contributed by atoms with Crippen LogP contribution in [-0.2, 0) is 23.1 Å². The number of anilines is 1. The number of aliphatic hydroxyl groups excluding tert-OH is 2. The Morgan fingerprint density at radius 1 is 1.39 bits per heavy atom. The maximum absolute atomic E-state index is 11.8. The number of hydrogen-bond acceptors (Lipinski definition) is 11. The largest absolute Gasteiger partial charge is 0.529 e. The summed E-state index contributed by atoms with van der Waals surface area (Å²) in [5.74, 6) is -0.942. The number of imidazole rings is 1. The summed E-state index contributed by atoms with van der Waals surface area (Å²) >= 11 is 0. The highest BCUT2D eigenvalue weighted by Crippen LogP contribution is 2.44. The monoisotopic (exact) mass is 415 g/mol. The number of nitrogen functional groups attached to an aromatic ring is 1. The van der Waals surface area contributed by atoms with E-state index in [1.807, 2.05) is 0 Å². The first-order valence-electron chi connectivity index (χ1n) is 8.01. The van der Waals surface area contributed by atoms with E-state index in [0.29, 0.717) is 0 Å². The van der Waals surface area contributed by atoms with Gasteiger partial charge in [0.05, 0.1) is 12.9 Å². The Balaban J connectivity index is 1.71. The molecule has 1 aliphatic heterocycles. The highest BCUT2D eigenvalue weighted by Gasteiger charge is 2.45.